The monoisotopic (exact) mass is 389 g/mol. The Morgan fingerprint density at radius 1 is 1.15 bits per heavy atom. The average Bonchev–Trinajstić information content (AvgIpc) is 2.56. The zero-order chi connectivity index (χ0) is 19.3. The van der Waals surface area contributed by atoms with Crippen molar-refractivity contribution in [2.24, 2.45) is 11.8 Å². The van der Waals surface area contributed by atoms with Gasteiger partial charge in [0.2, 0.25) is 0 Å². The number of hydrogen-bond acceptors (Lipinski definition) is 3. The number of nitrogens with one attached hydrogen (secondary N) is 3. The predicted octanol–water partition coefficient (Wildman–Crippen LogP) is 3.52. The van der Waals surface area contributed by atoms with Gasteiger partial charge in [-0.05, 0) is 54.7 Å². The fourth-order valence-corrected chi connectivity index (χ4v) is 3.19. The maximum atomic E-state index is 12.1. The third-order valence-corrected chi connectivity index (χ3v) is 4.88. The van der Waals surface area contributed by atoms with Crippen molar-refractivity contribution in [3.05, 3.63) is 29.8 Å². The molecule has 1 amide bonds. The highest BCUT2D eigenvalue weighted by molar-refractivity contribution is 7.80. The predicted molar refractivity (Wildman–Crippen MR) is 95.4 cm³/mol. The average molecular weight is 389 g/mol. The molecule has 1 aromatic carbocycles. The normalized spacial score (nSPS) is 23.0. The van der Waals surface area contributed by atoms with E-state index in [1.165, 1.54) is 18.6 Å². The van der Waals surface area contributed by atoms with Crippen LogP contribution in [-0.4, -0.2) is 23.4 Å². The minimum atomic E-state index is -4.77. The second-order valence-electron chi connectivity index (χ2n) is 6.50. The quantitative estimate of drug-likeness (QED) is 0.545. The van der Waals surface area contributed by atoms with Gasteiger partial charge in [0.1, 0.15) is 5.75 Å². The van der Waals surface area contributed by atoms with Crippen molar-refractivity contribution in [3.8, 4) is 5.75 Å². The molecule has 1 aromatic rings. The number of halogens is 3. The standard InChI is InChI=1S/C17H22F3N3O2S/c1-10-4-3-5-14(11(10)2)21-16(26)23-22-15(24)12-6-8-13(9-7-12)25-17(18,19)20/h6-11,14H,3-5H2,1-2H3,(H,22,24)(H2,21,23,26)/t10-,11+,14+/m0/s1. The Labute approximate surface area is 155 Å². The van der Waals surface area contributed by atoms with E-state index >= 15 is 0 Å². The maximum Gasteiger partial charge on any atom is 0.573 e. The van der Waals surface area contributed by atoms with Crippen LogP contribution in [0.2, 0.25) is 0 Å². The van der Waals surface area contributed by atoms with E-state index in [1.807, 2.05) is 0 Å². The Hall–Kier alpha value is -2.03. The number of ether oxygens (including phenoxy) is 1. The van der Waals surface area contributed by atoms with Gasteiger partial charge < -0.3 is 10.1 Å². The molecule has 3 atom stereocenters. The Morgan fingerprint density at radius 2 is 1.81 bits per heavy atom. The molecule has 0 saturated heterocycles. The van der Waals surface area contributed by atoms with Crippen molar-refractivity contribution in [3.63, 3.8) is 0 Å². The van der Waals surface area contributed by atoms with Crippen LogP contribution < -0.4 is 20.9 Å². The first-order chi connectivity index (χ1) is 12.2. The number of alkyl halides is 3. The van der Waals surface area contributed by atoms with Gasteiger partial charge in [-0.25, -0.2) is 0 Å². The highest BCUT2D eigenvalue weighted by Crippen LogP contribution is 2.29. The molecule has 0 unspecified atom stereocenters. The van der Waals surface area contributed by atoms with Crippen LogP contribution >= 0.6 is 12.2 Å². The lowest BCUT2D eigenvalue weighted by molar-refractivity contribution is -0.274. The number of benzene rings is 1. The molecule has 9 heteroatoms. The molecule has 5 nitrogen and oxygen atoms in total. The van der Waals surface area contributed by atoms with Gasteiger partial charge in [0.25, 0.3) is 5.91 Å². The lowest BCUT2D eigenvalue weighted by Crippen LogP contribution is -2.52. The first kappa shape index (κ1) is 20.3. The van der Waals surface area contributed by atoms with Crippen LogP contribution in [0.15, 0.2) is 24.3 Å². The zero-order valence-electron chi connectivity index (χ0n) is 14.5. The van der Waals surface area contributed by atoms with Crippen molar-refractivity contribution < 1.29 is 22.7 Å². The number of hydrazine groups is 1. The van der Waals surface area contributed by atoms with Crippen LogP contribution in [0.1, 0.15) is 43.5 Å². The van der Waals surface area contributed by atoms with Crippen LogP contribution in [0.25, 0.3) is 0 Å². The van der Waals surface area contributed by atoms with Crippen LogP contribution in [0.4, 0.5) is 13.2 Å². The zero-order valence-corrected chi connectivity index (χ0v) is 15.3. The third kappa shape index (κ3) is 6.05. The minimum Gasteiger partial charge on any atom is -0.406 e. The first-order valence-corrected chi connectivity index (χ1v) is 8.79. The summed E-state index contributed by atoms with van der Waals surface area (Å²) in [5, 5.41) is 3.51. The summed E-state index contributed by atoms with van der Waals surface area (Å²) in [4.78, 5) is 12.0. The van der Waals surface area contributed by atoms with Crippen molar-refractivity contribution in [1.82, 2.24) is 16.2 Å². The molecule has 0 spiro atoms. The van der Waals surface area contributed by atoms with Gasteiger partial charge in [-0.15, -0.1) is 13.2 Å². The summed E-state index contributed by atoms with van der Waals surface area (Å²) < 4.78 is 40.1. The van der Waals surface area contributed by atoms with Crippen LogP contribution in [0.3, 0.4) is 0 Å². The summed E-state index contributed by atoms with van der Waals surface area (Å²) in [6.07, 6.45) is -1.42. The number of carbonyl (C=O) groups excluding carboxylic acids is 1. The summed E-state index contributed by atoms with van der Waals surface area (Å²) in [6, 6.07) is 4.86. The second kappa shape index (κ2) is 8.57. The van der Waals surface area contributed by atoms with Gasteiger partial charge in [-0.1, -0.05) is 26.7 Å². The van der Waals surface area contributed by atoms with Crippen molar-refractivity contribution in [2.75, 3.05) is 0 Å². The molecule has 0 heterocycles. The summed E-state index contributed by atoms with van der Waals surface area (Å²) in [6.45, 7) is 4.39. The van der Waals surface area contributed by atoms with E-state index in [-0.39, 0.29) is 17.4 Å². The summed E-state index contributed by atoms with van der Waals surface area (Å²) in [5.74, 6) is 0.175. The van der Waals surface area contributed by atoms with Crippen molar-refractivity contribution >= 4 is 23.2 Å². The molecule has 144 valence electrons. The molecule has 26 heavy (non-hydrogen) atoms. The number of rotatable bonds is 3. The highest BCUT2D eigenvalue weighted by atomic mass is 32.1. The van der Waals surface area contributed by atoms with Gasteiger partial charge in [0.05, 0.1) is 0 Å². The lowest BCUT2D eigenvalue weighted by Gasteiger charge is -2.35. The Bertz CT molecular complexity index is 637. The van der Waals surface area contributed by atoms with E-state index in [4.69, 9.17) is 12.2 Å². The molecule has 1 aliphatic carbocycles. The van der Waals surface area contributed by atoms with Gasteiger partial charge in [0.15, 0.2) is 5.11 Å². The Morgan fingerprint density at radius 3 is 2.42 bits per heavy atom. The molecule has 2 rings (SSSR count). The summed E-state index contributed by atoms with van der Waals surface area (Å²) >= 11 is 5.19. The van der Waals surface area contributed by atoms with Gasteiger partial charge in [-0.2, -0.15) is 0 Å². The van der Waals surface area contributed by atoms with Crippen molar-refractivity contribution in [1.29, 1.82) is 0 Å². The number of carbonyl (C=O) groups is 1. The first-order valence-electron chi connectivity index (χ1n) is 8.38. The molecule has 0 aliphatic heterocycles. The number of hydrogen-bond donors (Lipinski definition) is 3. The minimum absolute atomic E-state index is 0.175. The van der Waals surface area contributed by atoms with Gasteiger partial charge >= 0.3 is 6.36 Å². The number of thiocarbonyl (C=S) groups is 1. The van der Waals surface area contributed by atoms with E-state index < -0.39 is 12.3 Å². The number of amides is 1. The summed E-state index contributed by atoms with van der Waals surface area (Å²) in [7, 11) is 0. The molecule has 1 aliphatic rings. The van der Waals surface area contributed by atoms with E-state index in [9.17, 15) is 18.0 Å². The van der Waals surface area contributed by atoms with E-state index in [2.05, 4.69) is 34.8 Å². The molecule has 0 radical (unpaired) electrons. The van der Waals surface area contributed by atoms with Gasteiger partial charge in [0, 0.05) is 11.6 Å². The summed E-state index contributed by atoms with van der Waals surface area (Å²) in [5.41, 5.74) is 5.23. The highest BCUT2D eigenvalue weighted by Gasteiger charge is 2.31. The van der Waals surface area contributed by atoms with E-state index in [1.54, 1.807) is 0 Å². The van der Waals surface area contributed by atoms with Crippen molar-refractivity contribution in [2.45, 2.75) is 45.5 Å². The molecule has 1 fully saturated rings. The SMILES string of the molecule is C[C@@H]1[C@@H](C)CCC[C@H]1NC(=S)NNC(=O)c1ccc(OC(F)(F)F)cc1. The molecule has 0 bridgehead atoms. The fourth-order valence-electron chi connectivity index (χ4n) is 2.98. The third-order valence-electron chi connectivity index (χ3n) is 4.66. The molecule has 1 saturated carbocycles. The van der Waals surface area contributed by atoms with Crippen LogP contribution in [0, 0.1) is 11.8 Å². The Kier molecular flexibility index (Phi) is 6.69. The second-order valence-corrected chi connectivity index (χ2v) is 6.91. The smallest absolute Gasteiger partial charge is 0.406 e. The van der Waals surface area contributed by atoms with Crippen LogP contribution in [-0.2, 0) is 0 Å². The topological polar surface area (TPSA) is 62.4 Å². The van der Waals surface area contributed by atoms with Gasteiger partial charge in [-0.3, -0.25) is 15.6 Å². The largest absolute Gasteiger partial charge is 0.573 e. The molecular formula is C17H22F3N3O2S. The van der Waals surface area contributed by atoms with E-state index in [0.29, 0.717) is 16.9 Å². The molecule has 3 N–H and O–H groups in total. The molecular weight excluding hydrogens is 367 g/mol. The lowest BCUT2D eigenvalue weighted by atomic mass is 9.78. The van der Waals surface area contributed by atoms with Crippen LogP contribution in [0.5, 0.6) is 5.75 Å². The maximum absolute atomic E-state index is 12.1. The Balaban J connectivity index is 1.81. The molecule has 0 aromatic heterocycles. The van der Waals surface area contributed by atoms with E-state index in [0.717, 1.165) is 25.0 Å². The fraction of sp³-hybridized carbons (Fsp3) is 0.529.